The number of ether oxygens (including phenoxy) is 2. The highest BCUT2D eigenvalue weighted by Crippen LogP contribution is 2.31. The number of nitrogens with one attached hydrogen (secondary N) is 1. The van der Waals surface area contributed by atoms with Gasteiger partial charge in [0.25, 0.3) is 5.91 Å². The first kappa shape index (κ1) is 15.8. The van der Waals surface area contributed by atoms with Crippen LogP contribution in [0.4, 0.5) is 5.69 Å². The Labute approximate surface area is 132 Å². The fraction of sp³-hybridized carbons (Fsp3) is 0.133. The van der Waals surface area contributed by atoms with Crippen LogP contribution in [0, 0.1) is 0 Å². The molecule has 1 N–H and O–H groups in total. The highest BCUT2D eigenvalue weighted by molar-refractivity contribution is 6.34. The predicted molar refractivity (Wildman–Crippen MR) is 81.5 cm³/mol. The van der Waals surface area contributed by atoms with E-state index in [9.17, 15) is 9.59 Å². The summed E-state index contributed by atoms with van der Waals surface area (Å²) in [6, 6.07) is 7.81. The molecule has 1 heterocycles. The number of benzene rings is 1. The number of halogens is 1. The van der Waals surface area contributed by atoms with Crippen LogP contribution in [0.15, 0.2) is 36.5 Å². The van der Waals surface area contributed by atoms with E-state index in [0.29, 0.717) is 5.69 Å². The van der Waals surface area contributed by atoms with Crippen molar-refractivity contribution in [1.82, 2.24) is 4.98 Å². The van der Waals surface area contributed by atoms with Gasteiger partial charge in [0, 0.05) is 12.3 Å². The summed E-state index contributed by atoms with van der Waals surface area (Å²) in [5.74, 6) is -0.760. The fourth-order valence-electron chi connectivity index (χ4n) is 1.77. The monoisotopic (exact) mass is 320 g/mol. The lowest BCUT2D eigenvalue weighted by Gasteiger charge is -2.12. The van der Waals surface area contributed by atoms with E-state index in [0.717, 1.165) is 0 Å². The van der Waals surface area contributed by atoms with Crippen molar-refractivity contribution in [2.45, 2.75) is 0 Å². The molecule has 6 nitrogen and oxygen atoms in total. The Morgan fingerprint density at radius 2 is 2.00 bits per heavy atom. The topological polar surface area (TPSA) is 77.5 Å². The molecule has 22 heavy (non-hydrogen) atoms. The molecule has 0 spiro atoms. The number of anilines is 1. The zero-order valence-corrected chi connectivity index (χ0v) is 12.7. The third-order valence-corrected chi connectivity index (χ3v) is 3.15. The van der Waals surface area contributed by atoms with Crippen molar-refractivity contribution in [3.8, 4) is 5.75 Å². The number of amides is 1. The number of pyridine rings is 1. The van der Waals surface area contributed by atoms with Crippen molar-refractivity contribution < 1.29 is 19.1 Å². The molecule has 114 valence electrons. The SMILES string of the molecule is COC(=O)c1cc(Cl)c(NC(=O)c2ccccn2)cc1OC. The maximum absolute atomic E-state index is 12.1. The summed E-state index contributed by atoms with van der Waals surface area (Å²) >= 11 is 6.09. The number of carbonyl (C=O) groups is 2. The van der Waals surface area contributed by atoms with E-state index in [2.05, 4.69) is 15.0 Å². The van der Waals surface area contributed by atoms with Crippen molar-refractivity contribution in [2.75, 3.05) is 19.5 Å². The minimum Gasteiger partial charge on any atom is -0.496 e. The van der Waals surface area contributed by atoms with Crippen LogP contribution < -0.4 is 10.1 Å². The van der Waals surface area contributed by atoms with E-state index >= 15 is 0 Å². The fourth-order valence-corrected chi connectivity index (χ4v) is 1.98. The number of hydrogen-bond acceptors (Lipinski definition) is 5. The molecule has 0 fully saturated rings. The molecule has 0 bridgehead atoms. The maximum Gasteiger partial charge on any atom is 0.341 e. The summed E-state index contributed by atoms with van der Waals surface area (Å²) in [6.07, 6.45) is 1.51. The van der Waals surface area contributed by atoms with E-state index in [1.807, 2.05) is 0 Å². The molecule has 0 saturated heterocycles. The summed E-state index contributed by atoms with van der Waals surface area (Å²) < 4.78 is 9.77. The Hall–Kier alpha value is -2.60. The molecule has 0 unspecified atom stereocenters. The average molecular weight is 321 g/mol. The lowest BCUT2D eigenvalue weighted by molar-refractivity contribution is 0.0597. The van der Waals surface area contributed by atoms with Crippen LogP contribution in [0.2, 0.25) is 5.02 Å². The predicted octanol–water partition coefficient (Wildman–Crippen LogP) is 2.78. The smallest absolute Gasteiger partial charge is 0.341 e. The standard InChI is InChI=1S/C15H13ClN2O4/c1-21-13-8-12(10(16)7-9(13)15(20)22-2)18-14(19)11-5-3-4-6-17-11/h3-8H,1-2H3,(H,18,19). The Bertz CT molecular complexity index is 704. The minimum absolute atomic E-state index is 0.172. The van der Waals surface area contributed by atoms with Gasteiger partial charge in [-0.3, -0.25) is 9.78 Å². The van der Waals surface area contributed by atoms with Gasteiger partial charge in [0.05, 0.1) is 24.9 Å². The minimum atomic E-state index is -0.582. The van der Waals surface area contributed by atoms with Crippen molar-refractivity contribution in [1.29, 1.82) is 0 Å². The number of hydrogen-bond donors (Lipinski definition) is 1. The van der Waals surface area contributed by atoms with Crippen LogP contribution in [0.1, 0.15) is 20.8 Å². The number of aromatic nitrogens is 1. The number of rotatable bonds is 4. The number of esters is 1. The van der Waals surface area contributed by atoms with Crippen LogP contribution in [-0.4, -0.2) is 31.1 Å². The van der Waals surface area contributed by atoms with Gasteiger partial charge in [-0.05, 0) is 18.2 Å². The molecular weight excluding hydrogens is 308 g/mol. The van der Waals surface area contributed by atoms with E-state index < -0.39 is 11.9 Å². The lowest BCUT2D eigenvalue weighted by atomic mass is 10.1. The third kappa shape index (κ3) is 3.35. The molecule has 0 aliphatic carbocycles. The van der Waals surface area contributed by atoms with Gasteiger partial charge in [0.1, 0.15) is 17.0 Å². The van der Waals surface area contributed by atoms with E-state index in [4.69, 9.17) is 16.3 Å². The van der Waals surface area contributed by atoms with Crippen molar-refractivity contribution in [3.63, 3.8) is 0 Å². The molecular formula is C15H13ClN2O4. The highest BCUT2D eigenvalue weighted by Gasteiger charge is 2.18. The van der Waals surface area contributed by atoms with Gasteiger partial charge in [-0.1, -0.05) is 17.7 Å². The zero-order valence-electron chi connectivity index (χ0n) is 11.9. The van der Waals surface area contributed by atoms with Gasteiger partial charge in [-0.25, -0.2) is 4.79 Å². The van der Waals surface area contributed by atoms with E-state index in [1.165, 1.54) is 32.5 Å². The van der Waals surface area contributed by atoms with Gasteiger partial charge in [-0.15, -0.1) is 0 Å². The molecule has 0 radical (unpaired) electrons. The summed E-state index contributed by atoms with van der Waals surface area (Å²) in [6.45, 7) is 0. The van der Waals surface area contributed by atoms with E-state index in [-0.39, 0.29) is 22.0 Å². The van der Waals surface area contributed by atoms with Gasteiger partial charge in [-0.2, -0.15) is 0 Å². The van der Waals surface area contributed by atoms with E-state index in [1.54, 1.807) is 18.2 Å². The third-order valence-electron chi connectivity index (χ3n) is 2.84. The molecule has 0 aliphatic rings. The van der Waals surface area contributed by atoms with Gasteiger partial charge < -0.3 is 14.8 Å². The number of nitrogens with zero attached hydrogens (tertiary/aromatic N) is 1. The molecule has 0 saturated carbocycles. The molecule has 0 aliphatic heterocycles. The van der Waals surface area contributed by atoms with Crippen LogP contribution in [0.25, 0.3) is 0 Å². The highest BCUT2D eigenvalue weighted by atomic mass is 35.5. The van der Waals surface area contributed by atoms with Crippen molar-refractivity contribution in [2.24, 2.45) is 0 Å². The molecule has 2 aromatic rings. The quantitative estimate of drug-likeness (QED) is 0.876. The van der Waals surface area contributed by atoms with Crippen LogP contribution in [-0.2, 0) is 4.74 Å². The Balaban J connectivity index is 2.32. The van der Waals surface area contributed by atoms with Crippen molar-refractivity contribution >= 4 is 29.2 Å². The summed E-state index contributed by atoms with van der Waals surface area (Å²) in [7, 11) is 2.66. The summed E-state index contributed by atoms with van der Waals surface area (Å²) in [4.78, 5) is 27.7. The average Bonchev–Trinajstić information content (AvgIpc) is 2.56. The molecule has 1 aromatic carbocycles. The normalized spacial score (nSPS) is 9.95. The Morgan fingerprint density at radius 3 is 2.59 bits per heavy atom. The number of carbonyl (C=O) groups excluding carboxylic acids is 2. The molecule has 1 amide bonds. The first-order valence-electron chi connectivity index (χ1n) is 6.25. The molecule has 7 heteroatoms. The molecule has 0 atom stereocenters. The van der Waals surface area contributed by atoms with Crippen LogP contribution in [0.3, 0.4) is 0 Å². The Morgan fingerprint density at radius 1 is 1.23 bits per heavy atom. The lowest BCUT2D eigenvalue weighted by Crippen LogP contribution is -2.14. The van der Waals surface area contributed by atoms with Crippen molar-refractivity contribution in [3.05, 3.63) is 52.8 Å². The molecule has 1 aromatic heterocycles. The maximum atomic E-state index is 12.1. The first-order valence-corrected chi connectivity index (χ1v) is 6.63. The second-order valence-electron chi connectivity index (χ2n) is 4.19. The largest absolute Gasteiger partial charge is 0.496 e. The van der Waals surface area contributed by atoms with Gasteiger partial charge in [0.15, 0.2) is 0 Å². The summed E-state index contributed by atoms with van der Waals surface area (Å²) in [5.41, 5.74) is 0.724. The van der Waals surface area contributed by atoms with Gasteiger partial charge >= 0.3 is 5.97 Å². The van der Waals surface area contributed by atoms with Crippen LogP contribution >= 0.6 is 11.6 Å². The van der Waals surface area contributed by atoms with Gasteiger partial charge in [0.2, 0.25) is 0 Å². The zero-order chi connectivity index (χ0) is 16.1. The molecule has 2 rings (SSSR count). The van der Waals surface area contributed by atoms with Crippen LogP contribution in [0.5, 0.6) is 5.75 Å². The second kappa shape index (κ2) is 6.91. The number of methoxy groups -OCH3 is 2. The Kier molecular flexibility index (Phi) is 4.95. The summed E-state index contributed by atoms with van der Waals surface area (Å²) in [5, 5.41) is 2.81. The first-order chi connectivity index (χ1) is 10.6. The second-order valence-corrected chi connectivity index (χ2v) is 4.60.